The predicted octanol–water partition coefficient (Wildman–Crippen LogP) is 18.4. The van der Waals surface area contributed by atoms with E-state index in [4.69, 9.17) is 0 Å². The topological polar surface area (TPSA) is 0 Å². The summed E-state index contributed by atoms with van der Waals surface area (Å²) in [7, 11) is 3.96. The summed E-state index contributed by atoms with van der Waals surface area (Å²) in [5, 5.41) is 8.39. The van der Waals surface area contributed by atoms with Gasteiger partial charge in [0.05, 0.1) is 0 Å². The van der Waals surface area contributed by atoms with Crippen LogP contribution in [0.5, 0.6) is 0 Å². The van der Waals surface area contributed by atoms with Gasteiger partial charge in [-0.3, -0.25) is 0 Å². The van der Waals surface area contributed by atoms with Crippen LogP contribution in [0.25, 0.3) is 0 Å². The summed E-state index contributed by atoms with van der Waals surface area (Å²) in [5.74, 6) is 0. The second-order valence-electron chi connectivity index (χ2n) is 20.9. The van der Waals surface area contributed by atoms with Gasteiger partial charge in [-0.15, -0.1) is 0 Å². The molecule has 4 aliphatic carbocycles. The van der Waals surface area contributed by atoms with Crippen LogP contribution in [-0.2, 0) is 29.6 Å². The standard InChI is InChI=1S/C32H51P2.2C18H15P.ClH.Ru/c1-5-16-29(17-6-1)33(30-18-7-2-8-19-30)25-27-14-13-15-28(24-27)26-34(31-20-9-3-10-21-31)32-22-11-4-12-23-32;2*1-4-10-16(11-5-1)19(17-12-6-2-7-13-17)18-14-8-3-9-15-18;;/h13-15,29-32H,1-12,16-23,25-26H2;2*1-15H;1H;/q-1;;;;+2/p-1. The SMILES string of the molecule is [Cl][Ru+].[c-]1c(CP(C2CCCCC2)C2CCCCC2)cccc1CP(C1CCCCC1)C1CCCCC1.c1ccc(P(c2ccccc2)c2ccccc2)cc1.c1ccc(P(c2ccccc2)c2ccccc2)cc1. The van der Waals surface area contributed by atoms with E-state index in [-0.39, 0.29) is 15.8 Å². The van der Waals surface area contributed by atoms with Crippen LogP contribution in [0, 0.1) is 6.07 Å². The first kappa shape index (κ1) is 57.4. The molecule has 0 radical (unpaired) electrons. The number of rotatable bonds is 14. The second-order valence-corrected chi connectivity index (χ2v) is 30.9. The minimum absolute atomic E-state index is 0.144. The van der Waals surface area contributed by atoms with Gasteiger partial charge >= 0.3 is 27.0 Å². The van der Waals surface area contributed by atoms with Crippen molar-refractivity contribution in [1.29, 1.82) is 0 Å². The molecule has 0 atom stereocenters. The average Bonchev–Trinajstić information content (AvgIpc) is 3.50. The molecule has 74 heavy (non-hydrogen) atoms. The first-order chi connectivity index (χ1) is 36.8. The van der Waals surface area contributed by atoms with Crippen LogP contribution in [0.2, 0.25) is 0 Å². The molecular weight excluding hydrogens is 1080 g/mol. The van der Waals surface area contributed by atoms with Crippen molar-refractivity contribution in [2.24, 2.45) is 0 Å². The fraction of sp³-hybridized carbons (Fsp3) is 0.382. The number of halogens is 1. The zero-order valence-electron chi connectivity index (χ0n) is 43.9. The fourth-order valence-electron chi connectivity index (χ4n) is 12.3. The maximum absolute atomic E-state index is 4.57. The largest absolute Gasteiger partial charge is 0.176 e. The van der Waals surface area contributed by atoms with Gasteiger partial charge in [-0.05, 0) is 134 Å². The van der Waals surface area contributed by atoms with Gasteiger partial charge in [0, 0.05) is 0 Å². The van der Waals surface area contributed by atoms with Gasteiger partial charge in [-0.2, -0.15) is 35.4 Å². The van der Waals surface area contributed by atoms with E-state index in [0.29, 0.717) is 0 Å². The molecular formula is C68H81ClP4Ru. The van der Waals surface area contributed by atoms with Crippen molar-refractivity contribution in [2.75, 3.05) is 0 Å². The molecule has 11 rings (SSSR count). The first-order valence-corrected chi connectivity index (χ1v) is 36.6. The third-order valence-electron chi connectivity index (χ3n) is 15.9. The zero-order chi connectivity index (χ0) is 50.8. The van der Waals surface area contributed by atoms with Crippen LogP contribution in [-0.4, -0.2) is 22.6 Å². The molecule has 4 fully saturated rings. The minimum atomic E-state index is -0.446. The van der Waals surface area contributed by atoms with E-state index in [2.05, 4.69) is 216 Å². The van der Waals surface area contributed by atoms with Crippen molar-refractivity contribution in [3.05, 3.63) is 217 Å². The van der Waals surface area contributed by atoms with E-state index in [9.17, 15) is 0 Å². The molecule has 388 valence electrons. The summed E-state index contributed by atoms with van der Waals surface area (Å²) in [6.45, 7) is 0. The van der Waals surface area contributed by atoms with Gasteiger partial charge in [-0.1, -0.05) is 275 Å². The Bertz CT molecular complexity index is 2130. The van der Waals surface area contributed by atoms with Gasteiger partial charge in [0.2, 0.25) is 0 Å². The maximum Gasteiger partial charge on any atom is -0.0134 e. The van der Waals surface area contributed by atoms with Crippen LogP contribution in [0.4, 0.5) is 0 Å². The summed E-state index contributed by atoms with van der Waals surface area (Å²) >= 11 is 1.82. The van der Waals surface area contributed by atoms with Gasteiger partial charge in [0.15, 0.2) is 0 Å². The summed E-state index contributed by atoms with van der Waals surface area (Å²) in [5.41, 5.74) is 7.44. The third kappa shape index (κ3) is 17.6. The zero-order valence-corrected chi connectivity index (χ0v) is 50.0. The molecule has 0 bridgehead atoms. The Morgan fingerprint density at radius 3 is 0.689 bits per heavy atom. The van der Waals surface area contributed by atoms with Crippen molar-refractivity contribution < 1.29 is 17.3 Å². The molecule has 0 unspecified atom stereocenters. The smallest absolute Gasteiger partial charge is 0.0134 e. The van der Waals surface area contributed by atoms with Crippen molar-refractivity contribution in [3.63, 3.8) is 0 Å². The molecule has 4 saturated carbocycles. The van der Waals surface area contributed by atoms with E-state index < -0.39 is 15.8 Å². The summed E-state index contributed by atoms with van der Waals surface area (Å²) in [6.07, 6.45) is 33.1. The van der Waals surface area contributed by atoms with Gasteiger partial charge in [-0.25, -0.2) is 0 Å². The van der Waals surface area contributed by atoms with Gasteiger partial charge < -0.3 is 0 Å². The number of benzene rings is 7. The van der Waals surface area contributed by atoms with Crippen molar-refractivity contribution in [3.8, 4) is 0 Å². The van der Waals surface area contributed by atoms with Crippen molar-refractivity contribution in [2.45, 2.75) is 163 Å². The third-order valence-corrected chi connectivity index (χ3v) is 28.0. The molecule has 0 N–H and O–H groups in total. The Balaban J connectivity index is 0.000000155. The molecule has 7 aromatic rings. The van der Waals surface area contributed by atoms with E-state index in [0.717, 1.165) is 22.6 Å². The molecule has 0 heterocycles. The quantitative estimate of drug-likeness (QED) is 0.0578. The van der Waals surface area contributed by atoms with Crippen LogP contribution in [0.1, 0.15) is 140 Å². The molecule has 0 aromatic heterocycles. The van der Waals surface area contributed by atoms with Crippen molar-refractivity contribution in [1.82, 2.24) is 0 Å². The van der Waals surface area contributed by atoms with Crippen LogP contribution in [0.3, 0.4) is 0 Å². The molecule has 7 aromatic carbocycles. The Morgan fingerprint density at radius 2 is 0.486 bits per heavy atom. The first-order valence-electron chi connectivity index (χ1n) is 28.3. The Labute approximate surface area is 467 Å². The van der Waals surface area contributed by atoms with Crippen molar-refractivity contribution >= 4 is 73.2 Å². The Kier molecular flexibility index (Phi) is 25.4. The van der Waals surface area contributed by atoms with Gasteiger partial charge in [0.1, 0.15) is 0 Å². The summed E-state index contributed by atoms with van der Waals surface area (Å²) in [6, 6.07) is 76.1. The summed E-state index contributed by atoms with van der Waals surface area (Å²) in [4.78, 5) is 0. The Morgan fingerprint density at radius 1 is 0.284 bits per heavy atom. The number of hydrogen-bond donors (Lipinski definition) is 0. The Hall–Kier alpha value is -2.83. The van der Waals surface area contributed by atoms with E-state index in [1.165, 1.54) is 173 Å². The molecule has 0 saturated heterocycles. The predicted molar refractivity (Wildman–Crippen MR) is 330 cm³/mol. The molecule has 6 heteroatoms. The minimum Gasteiger partial charge on any atom is -0.176 e. The van der Waals surface area contributed by atoms with Crippen LogP contribution >= 0.6 is 41.4 Å². The maximum atomic E-state index is 4.57. The monoisotopic (exact) mass is 1160 g/mol. The normalized spacial score (nSPS) is 16.9. The molecule has 4 aliphatic rings. The molecule has 0 spiro atoms. The number of hydrogen-bond acceptors (Lipinski definition) is 0. The molecule has 0 aliphatic heterocycles. The van der Waals surface area contributed by atoms with E-state index in [1.807, 2.05) is 17.3 Å². The van der Waals surface area contributed by atoms with E-state index in [1.54, 1.807) is 11.1 Å². The fourth-order valence-corrected chi connectivity index (χ4v) is 24.4. The molecule has 0 amide bonds. The molecule has 0 nitrogen and oxygen atoms in total. The van der Waals surface area contributed by atoms with E-state index >= 15 is 0 Å². The van der Waals surface area contributed by atoms with Gasteiger partial charge in [0.25, 0.3) is 0 Å². The second kappa shape index (κ2) is 32.8. The summed E-state index contributed by atoms with van der Waals surface area (Å²) < 4.78 is 0. The van der Waals surface area contributed by atoms with Crippen LogP contribution < -0.4 is 31.8 Å². The van der Waals surface area contributed by atoms with Crippen LogP contribution in [0.15, 0.2) is 200 Å². The average molecular weight is 1160 g/mol.